The summed E-state index contributed by atoms with van der Waals surface area (Å²) < 4.78 is 1.97. The van der Waals surface area contributed by atoms with E-state index in [-0.39, 0.29) is 17.0 Å². The Morgan fingerprint density at radius 3 is 2.16 bits per heavy atom. The molecule has 1 aromatic carbocycles. The lowest BCUT2D eigenvalue weighted by atomic mass is 9.85. The highest BCUT2D eigenvalue weighted by atomic mass is 16.1. The molecule has 1 heterocycles. The summed E-state index contributed by atoms with van der Waals surface area (Å²) in [5.74, 6) is 0. The number of benzene rings is 1. The lowest BCUT2D eigenvalue weighted by Gasteiger charge is -2.20. The van der Waals surface area contributed by atoms with Crippen molar-refractivity contribution in [3.05, 3.63) is 46.2 Å². The van der Waals surface area contributed by atoms with Crippen LogP contribution < -0.4 is 5.56 Å². The highest BCUT2D eigenvalue weighted by Crippen LogP contribution is 2.31. The van der Waals surface area contributed by atoms with E-state index in [1.165, 1.54) is 0 Å². The van der Waals surface area contributed by atoms with Gasteiger partial charge in [-0.05, 0) is 19.3 Å². The van der Waals surface area contributed by atoms with E-state index >= 15 is 0 Å². The zero-order valence-electron chi connectivity index (χ0n) is 12.3. The fourth-order valence-electron chi connectivity index (χ4n) is 2.41. The van der Waals surface area contributed by atoms with Crippen LogP contribution in [0.3, 0.4) is 0 Å². The average Bonchev–Trinajstić information content (AvgIpc) is 2.68. The molecule has 0 aliphatic carbocycles. The highest BCUT2D eigenvalue weighted by molar-refractivity contribution is 5.64. The Balaban J connectivity index is 2.80. The first-order valence-electron chi connectivity index (χ1n) is 6.72. The summed E-state index contributed by atoms with van der Waals surface area (Å²) in [4.78, 5) is 12.3. The number of H-pyrrole nitrogens is 1. The van der Waals surface area contributed by atoms with Crippen LogP contribution in [0.2, 0.25) is 0 Å². The van der Waals surface area contributed by atoms with Gasteiger partial charge in [-0.1, -0.05) is 51.1 Å². The number of nitrogens with zero attached hydrogens (tertiary/aromatic N) is 1. The Morgan fingerprint density at radius 2 is 1.68 bits per heavy atom. The van der Waals surface area contributed by atoms with E-state index in [1.807, 2.05) is 22.9 Å². The molecule has 0 fully saturated rings. The summed E-state index contributed by atoms with van der Waals surface area (Å²) in [7, 11) is 0. The predicted molar refractivity (Wildman–Crippen MR) is 79.6 cm³/mol. The second-order valence-corrected chi connectivity index (χ2v) is 6.24. The molecule has 0 bridgehead atoms. The monoisotopic (exact) mass is 258 g/mol. The van der Waals surface area contributed by atoms with Crippen molar-refractivity contribution in [3.63, 3.8) is 0 Å². The molecular weight excluding hydrogens is 236 g/mol. The van der Waals surface area contributed by atoms with Gasteiger partial charge in [-0.2, -0.15) is 0 Å². The molecule has 0 aliphatic heterocycles. The first kappa shape index (κ1) is 13.7. The van der Waals surface area contributed by atoms with Gasteiger partial charge in [0.15, 0.2) is 0 Å². The van der Waals surface area contributed by atoms with Crippen LogP contribution in [0.1, 0.15) is 46.2 Å². The molecular formula is C16H22N2O. The minimum Gasteiger partial charge on any atom is -0.282 e. The van der Waals surface area contributed by atoms with E-state index in [0.29, 0.717) is 0 Å². The molecule has 0 aliphatic rings. The number of aromatic nitrogens is 2. The normalized spacial score (nSPS) is 12.1. The second-order valence-electron chi connectivity index (χ2n) is 6.24. The summed E-state index contributed by atoms with van der Waals surface area (Å²) in [6.45, 7) is 10.4. The molecule has 0 saturated carbocycles. The molecule has 102 valence electrons. The third-order valence-corrected chi connectivity index (χ3v) is 3.24. The first-order chi connectivity index (χ1) is 8.82. The average molecular weight is 258 g/mol. The van der Waals surface area contributed by atoms with Gasteiger partial charge in [0.2, 0.25) is 0 Å². The number of hydrogen-bond acceptors (Lipinski definition) is 1. The van der Waals surface area contributed by atoms with Crippen LogP contribution in [-0.2, 0) is 5.41 Å². The maximum absolute atomic E-state index is 12.3. The number of hydrogen-bond donors (Lipinski definition) is 1. The van der Waals surface area contributed by atoms with Crippen LogP contribution in [-0.4, -0.2) is 9.78 Å². The second kappa shape index (κ2) is 4.72. The zero-order chi connectivity index (χ0) is 14.2. The maximum Gasteiger partial charge on any atom is 0.268 e. The molecule has 0 amide bonds. The molecule has 2 aromatic rings. The Morgan fingerprint density at radius 1 is 1.11 bits per heavy atom. The van der Waals surface area contributed by atoms with Crippen molar-refractivity contribution in [1.82, 2.24) is 9.78 Å². The Bertz CT molecular complexity index is 612. The fraction of sp³-hybridized carbons (Fsp3) is 0.438. The van der Waals surface area contributed by atoms with Crippen molar-refractivity contribution in [2.24, 2.45) is 0 Å². The third-order valence-electron chi connectivity index (χ3n) is 3.24. The van der Waals surface area contributed by atoms with Gasteiger partial charge in [-0.15, -0.1) is 0 Å². The van der Waals surface area contributed by atoms with Gasteiger partial charge < -0.3 is 0 Å². The number of nitrogens with one attached hydrogen (secondary N) is 1. The van der Waals surface area contributed by atoms with Gasteiger partial charge in [-0.25, -0.2) is 0 Å². The predicted octanol–water partition coefficient (Wildman–Crippen LogP) is 3.72. The van der Waals surface area contributed by atoms with Crippen LogP contribution in [0.4, 0.5) is 0 Å². The van der Waals surface area contributed by atoms with Gasteiger partial charge in [0.05, 0.1) is 5.69 Å². The Kier molecular flexibility index (Phi) is 3.40. The van der Waals surface area contributed by atoms with Crippen molar-refractivity contribution in [2.75, 3.05) is 0 Å². The molecule has 3 heteroatoms. The molecule has 0 unspecified atom stereocenters. The van der Waals surface area contributed by atoms with Crippen molar-refractivity contribution in [3.8, 4) is 11.3 Å². The van der Waals surface area contributed by atoms with Crippen molar-refractivity contribution in [1.29, 1.82) is 0 Å². The summed E-state index contributed by atoms with van der Waals surface area (Å²) in [5, 5.41) is 2.98. The topological polar surface area (TPSA) is 37.8 Å². The largest absolute Gasteiger partial charge is 0.282 e. The van der Waals surface area contributed by atoms with E-state index in [2.05, 4.69) is 51.9 Å². The maximum atomic E-state index is 12.3. The van der Waals surface area contributed by atoms with Crippen LogP contribution in [0.15, 0.2) is 35.1 Å². The van der Waals surface area contributed by atoms with E-state index in [9.17, 15) is 4.79 Å². The van der Waals surface area contributed by atoms with Crippen LogP contribution >= 0.6 is 0 Å². The zero-order valence-corrected chi connectivity index (χ0v) is 12.3. The van der Waals surface area contributed by atoms with Gasteiger partial charge in [0.1, 0.15) is 0 Å². The van der Waals surface area contributed by atoms with Crippen molar-refractivity contribution >= 4 is 0 Å². The lowest BCUT2D eigenvalue weighted by molar-refractivity contribution is 0.533. The summed E-state index contributed by atoms with van der Waals surface area (Å²) >= 11 is 0. The van der Waals surface area contributed by atoms with Crippen LogP contribution in [0.25, 0.3) is 11.3 Å². The molecule has 0 spiro atoms. The molecule has 0 radical (unpaired) electrons. The van der Waals surface area contributed by atoms with E-state index in [4.69, 9.17) is 0 Å². The molecule has 19 heavy (non-hydrogen) atoms. The smallest absolute Gasteiger partial charge is 0.268 e. The quantitative estimate of drug-likeness (QED) is 0.875. The summed E-state index contributed by atoms with van der Waals surface area (Å²) in [6.07, 6.45) is 0. The van der Waals surface area contributed by atoms with Gasteiger partial charge in [0.25, 0.3) is 5.56 Å². The standard InChI is InChI=1S/C16H22N2O/c1-11(2)18-14(12-9-7-6-8-10-12)13(15(19)17-18)16(3,4)5/h6-11H,1-5H3,(H,17,19). The molecule has 2 rings (SSSR count). The third kappa shape index (κ3) is 2.50. The Hall–Kier alpha value is -1.77. The van der Waals surface area contributed by atoms with Crippen molar-refractivity contribution in [2.45, 2.75) is 46.1 Å². The molecule has 0 saturated heterocycles. The first-order valence-corrected chi connectivity index (χ1v) is 6.72. The van der Waals surface area contributed by atoms with Gasteiger partial charge in [0, 0.05) is 17.2 Å². The van der Waals surface area contributed by atoms with Crippen LogP contribution in [0, 0.1) is 0 Å². The van der Waals surface area contributed by atoms with E-state index in [1.54, 1.807) is 0 Å². The SMILES string of the molecule is CC(C)n1[nH]c(=O)c(C(C)(C)C)c1-c1ccccc1. The van der Waals surface area contributed by atoms with Gasteiger partial charge >= 0.3 is 0 Å². The highest BCUT2D eigenvalue weighted by Gasteiger charge is 2.27. The summed E-state index contributed by atoms with van der Waals surface area (Å²) in [5.41, 5.74) is 2.78. The molecule has 1 N–H and O–H groups in total. The van der Waals surface area contributed by atoms with Crippen molar-refractivity contribution < 1.29 is 0 Å². The minimum absolute atomic E-state index is 0.0139. The molecule has 3 nitrogen and oxygen atoms in total. The number of rotatable bonds is 2. The lowest BCUT2D eigenvalue weighted by Crippen LogP contribution is -2.21. The van der Waals surface area contributed by atoms with Crippen LogP contribution in [0.5, 0.6) is 0 Å². The van der Waals surface area contributed by atoms with E-state index in [0.717, 1.165) is 16.8 Å². The minimum atomic E-state index is -0.182. The van der Waals surface area contributed by atoms with Gasteiger partial charge in [-0.3, -0.25) is 14.6 Å². The molecule has 0 atom stereocenters. The molecule has 1 aromatic heterocycles. The number of aromatic amines is 1. The summed E-state index contributed by atoms with van der Waals surface area (Å²) in [6, 6.07) is 10.3. The Labute approximate surface area is 114 Å². The fourth-order valence-corrected chi connectivity index (χ4v) is 2.41. The van der Waals surface area contributed by atoms with E-state index < -0.39 is 0 Å².